The Kier molecular flexibility index (Phi) is 5.56. The number of amides is 1. The predicted molar refractivity (Wildman–Crippen MR) is 104 cm³/mol. The second-order valence-corrected chi connectivity index (χ2v) is 6.93. The maximum absolute atomic E-state index is 12.6. The molecule has 0 spiro atoms. The number of hydrogen-bond acceptors (Lipinski definition) is 2. The fraction of sp³-hybridized carbons (Fsp3) is 0.158. The fourth-order valence-electron chi connectivity index (χ4n) is 2.55. The average molecular weight is 419 g/mol. The Labute approximate surface area is 159 Å². The lowest BCUT2D eigenvalue weighted by atomic mass is 10.1. The molecular weight excluding hydrogens is 402 g/mol. The van der Waals surface area contributed by atoms with Crippen LogP contribution in [0.3, 0.4) is 0 Å². The van der Waals surface area contributed by atoms with Crippen molar-refractivity contribution in [1.29, 1.82) is 0 Å². The molecule has 3 aromatic rings. The van der Waals surface area contributed by atoms with Gasteiger partial charge in [0, 0.05) is 4.47 Å². The van der Waals surface area contributed by atoms with E-state index in [4.69, 9.17) is 11.6 Å². The number of hydrogen-bond donors (Lipinski definition) is 2. The molecule has 0 fully saturated rings. The Morgan fingerprint density at radius 2 is 2.04 bits per heavy atom. The van der Waals surface area contributed by atoms with Gasteiger partial charge in [-0.2, -0.15) is 0 Å². The van der Waals surface area contributed by atoms with Crippen LogP contribution in [-0.2, 0) is 0 Å². The van der Waals surface area contributed by atoms with Crippen molar-refractivity contribution in [2.45, 2.75) is 19.4 Å². The summed E-state index contributed by atoms with van der Waals surface area (Å²) in [4.78, 5) is 20.3. The second kappa shape index (κ2) is 7.85. The van der Waals surface area contributed by atoms with Gasteiger partial charge in [0.25, 0.3) is 5.91 Å². The lowest BCUT2D eigenvalue weighted by molar-refractivity contribution is 0.0934. The van der Waals surface area contributed by atoms with E-state index in [-0.39, 0.29) is 11.9 Å². The number of halogens is 2. The van der Waals surface area contributed by atoms with Crippen LogP contribution in [0.4, 0.5) is 0 Å². The number of aromatic amines is 1. The first-order valence-corrected chi connectivity index (χ1v) is 9.11. The smallest absolute Gasteiger partial charge is 0.253 e. The highest BCUT2D eigenvalue weighted by Gasteiger charge is 2.19. The highest BCUT2D eigenvalue weighted by atomic mass is 79.9. The lowest BCUT2D eigenvalue weighted by Crippen LogP contribution is -2.29. The zero-order valence-electron chi connectivity index (χ0n) is 13.6. The molecule has 0 saturated carbocycles. The van der Waals surface area contributed by atoms with E-state index in [0.29, 0.717) is 17.0 Å². The number of nitrogens with one attached hydrogen (secondary N) is 2. The molecule has 128 valence electrons. The summed E-state index contributed by atoms with van der Waals surface area (Å²) in [5.41, 5.74) is 2.41. The van der Waals surface area contributed by atoms with Crippen LogP contribution in [-0.4, -0.2) is 15.9 Å². The number of nitrogens with zero attached hydrogens (tertiary/aromatic N) is 1. The molecule has 0 aliphatic rings. The minimum atomic E-state index is -0.226. The van der Waals surface area contributed by atoms with Gasteiger partial charge in [-0.15, -0.1) is 0 Å². The van der Waals surface area contributed by atoms with E-state index in [1.807, 2.05) is 37.3 Å². The van der Waals surface area contributed by atoms with Gasteiger partial charge in [-0.3, -0.25) is 4.79 Å². The molecule has 1 heterocycles. The molecule has 2 aromatic carbocycles. The average Bonchev–Trinajstić information content (AvgIpc) is 3.12. The van der Waals surface area contributed by atoms with E-state index in [0.717, 1.165) is 21.6 Å². The Morgan fingerprint density at radius 3 is 2.76 bits per heavy atom. The van der Waals surface area contributed by atoms with Crippen LogP contribution in [0.5, 0.6) is 0 Å². The van der Waals surface area contributed by atoms with Gasteiger partial charge < -0.3 is 10.3 Å². The van der Waals surface area contributed by atoms with Crippen molar-refractivity contribution in [1.82, 2.24) is 15.3 Å². The molecule has 0 aliphatic heterocycles. The molecule has 0 aliphatic carbocycles. The Morgan fingerprint density at radius 1 is 1.28 bits per heavy atom. The first-order valence-electron chi connectivity index (χ1n) is 7.94. The van der Waals surface area contributed by atoms with Gasteiger partial charge in [0.15, 0.2) is 0 Å². The molecule has 25 heavy (non-hydrogen) atoms. The van der Waals surface area contributed by atoms with Crippen molar-refractivity contribution >= 4 is 33.4 Å². The predicted octanol–water partition coefficient (Wildman–Crippen LogP) is 5.37. The van der Waals surface area contributed by atoms with E-state index in [1.165, 1.54) is 0 Å². The molecule has 1 aromatic heterocycles. The van der Waals surface area contributed by atoms with E-state index in [9.17, 15) is 4.79 Å². The summed E-state index contributed by atoms with van der Waals surface area (Å²) in [6, 6.07) is 14.9. The fourth-order valence-corrected chi connectivity index (χ4v) is 3.11. The summed E-state index contributed by atoms with van der Waals surface area (Å²) in [7, 11) is 0. The third-order valence-electron chi connectivity index (χ3n) is 3.90. The monoisotopic (exact) mass is 417 g/mol. The van der Waals surface area contributed by atoms with Crippen LogP contribution in [0, 0.1) is 0 Å². The quantitative estimate of drug-likeness (QED) is 0.585. The minimum absolute atomic E-state index is 0.222. The first-order chi connectivity index (χ1) is 12.1. The minimum Gasteiger partial charge on any atom is -0.342 e. The van der Waals surface area contributed by atoms with Crippen molar-refractivity contribution in [3.63, 3.8) is 0 Å². The van der Waals surface area contributed by atoms with Crippen LogP contribution >= 0.6 is 27.5 Å². The molecule has 6 heteroatoms. The number of rotatable bonds is 5. The van der Waals surface area contributed by atoms with E-state index < -0.39 is 0 Å². The number of carbonyl (C=O) groups is 1. The van der Waals surface area contributed by atoms with Crippen LogP contribution in [0.15, 0.2) is 59.2 Å². The normalized spacial score (nSPS) is 12.0. The largest absolute Gasteiger partial charge is 0.342 e. The Hall–Kier alpha value is -2.11. The van der Waals surface area contributed by atoms with Crippen molar-refractivity contribution < 1.29 is 4.79 Å². The van der Waals surface area contributed by atoms with Gasteiger partial charge in [0.2, 0.25) is 0 Å². The number of carbonyl (C=O) groups excluding carboxylic acids is 1. The molecular formula is C19H17BrClN3O. The van der Waals surface area contributed by atoms with Crippen LogP contribution in [0.25, 0.3) is 11.3 Å². The third-order valence-corrected chi connectivity index (χ3v) is 4.72. The molecule has 0 bridgehead atoms. The molecule has 1 unspecified atom stereocenters. The molecule has 2 N–H and O–H groups in total. The van der Waals surface area contributed by atoms with Gasteiger partial charge >= 0.3 is 0 Å². The SMILES string of the molecule is CCC(NC(=O)c1cc(Br)ccc1Cl)c1ncc(-c2ccccc2)[nH]1. The highest BCUT2D eigenvalue weighted by Crippen LogP contribution is 2.24. The van der Waals surface area contributed by atoms with Crippen LogP contribution < -0.4 is 5.32 Å². The van der Waals surface area contributed by atoms with Gasteiger partial charge in [-0.1, -0.05) is 64.8 Å². The summed E-state index contributed by atoms with van der Waals surface area (Å²) in [5.74, 6) is 0.497. The summed E-state index contributed by atoms with van der Waals surface area (Å²) in [5, 5.41) is 3.41. The summed E-state index contributed by atoms with van der Waals surface area (Å²) < 4.78 is 0.805. The van der Waals surface area contributed by atoms with E-state index in [1.54, 1.807) is 24.4 Å². The number of benzene rings is 2. The standard InChI is InChI=1S/C19H17BrClN3O/c1-2-16(24-19(25)14-10-13(20)8-9-15(14)21)18-22-11-17(23-18)12-6-4-3-5-7-12/h3-11,16H,2H2,1H3,(H,22,23)(H,24,25). The van der Waals surface area contributed by atoms with E-state index >= 15 is 0 Å². The third kappa shape index (κ3) is 4.11. The number of aromatic nitrogens is 2. The molecule has 0 radical (unpaired) electrons. The van der Waals surface area contributed by atoms with Gasteiger partial charge in [0.1, 0.15) is 5.82 Å². The van der Waals surface area contributed by atoms with Crippen molar-refractivity contribution in [2.24, 2.45) is 0 Å². The number of imidazole rings is 1. The van der Waals surface area contributed by atoms with Crippen molar-refractivity contribution in [3.8, 4) is 11.3 Å². The zero-order valence-corrected chi connectivity index (χ0v) is 15.9. The summed E-state index contributed by atoms with van der Waals surface area (Å²) in [6.45, 7) is 2.00. The van der Waals surface area contributed by atoms with Crippen molar-refractivity contribution in [3.05, 3.63) is 75.6 Å². The Bertz CT molecular complexity index is 879. The summed E-state index contributed by atoms with van der Waals surface area (Å²) >= 11 is 9.51. The molecule has 3 rings (SSSR count). The molecule has 4 nitrogen and oxygen atoms in total. The van der Waals surface area contributed by atoms with E-state index in [2.05, 4.69) is 31.2 Å². The summed E-state index contributed by atoms with van der Waals surface area (Å²) in [6.07, 6.45) is 2.49. The highest BCUT2D eigenvalue weighted by molar-refractivity contribution is 9.10. The molecule has 0 saturated heterocycles. The molecule has 1 atom stereocenters. The Balaban J connectivity index is 1.80. The van der Waals surface area contributed by atoms with Gasteiger partial charge in [-0.25, -0.2) is 4.98 Å². The second-order valence-electron chi connectivity index (χ2n) is 5.61. The lowest BCUT2D eigenvalue weighted by Gasteiger charge is -2.15. The van der Waals surface area contributed by atoms with Gasteiger partial charge in [-0.05, 0) is 30.2 Å². The van der Waals surface area contributed by atoms with Gasteiger partial charge in [0.05, 0.1) is 28.5 Å². The topological polar surface area (TPSA) is 57.8 Å². The number of H-pyrrole nitrogens is 1. The first kappa shape index (κ1) is 17.7. The van der Waals surface area contributed by atoms with Crippen molar-refractivity contribution in [2.75, 3.05) is 0 Å². The maximum Gasteiger partial charge on any atom is 0.253 e. The molecule has 1 amide bonds. The zero-order chi connectivity index (χ0) is 17.8. The van der Waals surface area contributed by atoms with Crippen LogP contribution in [0.1, 0.15) is 35.6 Å². The van der Waals surface area contributed by atoms with Crippen LogP contribution in [0.2, 0.25) is 5.02 Å². The maximum atomic E-state index is 12.6.